The predicted octanol–water partition coefficient (Wildman–Crippen LogP) is 3.78. The topological polar surface area (TPSA) is 71.6 Å². The minimum Gasteiger partial charge on any atom is -0.469 e. The van der Waals surface area contributed by atoms with Gasteiger partial charge in [-0.3, -0.25) is 9.59 Å². The van der Waals surface area contributed by atoms with Gasteiger partial charge in [0.1, 0.15) is 5.60 Å². The van der Waals surface area contributed by atoms with Gasteiger partial charge < -0.3 is 19.4 Å². The van der Waals surface area contributed by atoms with Crippen molar-refractivity contribution < 1.29 is 19.1 Å². The van der Waals surface area contributed by atoms with E-state index >= 15 is 0 Å². The van der Waals surface area contributed by atoms with Gasteiger partial charge in [-0.25, -0.2) is 0 Å². The van der Waals surface area contributed by atoms with Gasteiger partial charge in [-0.15, -0.1) is 0 Å². The molecule has 1 aliphatic heterocycles. The summed E-state index contributed by atoms with van der Waals surface area (Å²) in [6.07, 6.45) is 3.55. The van der Waals surface area contributed by atoms with Crippen LogP contribution in [-0.4, -0.2) is 49.1 Å². The molecule has 29 heavy (non-hydrogen) atoms. The number of aromatic nitrogens is 1. The Morgan fingerprint density at radius 2 is 2.10 bits per heavy atom. The number of H-pyrrole nitrogens is 1. The summed E-state index contributed by atoms with van der Waals surface area (Å²) in [5.41, 5.74) is 2.21. The van der Waals surface area contributed by atoms with Crippen molar-refractivity contribution >= 4 is 22.8 Å². The summed E-state index contributed by atoms with van der Waals surface area (Å²) < 4.78 is 11.4. The third-order valence-electron chi connectivity index (χ3n) is 6.19. The number of aromatic amines is 1. The van der Waals surface area contributed by atoms with Crippen molar-refractivity contribution in [3.8, 4) is 0 Å². The minimum atomic E-state index is -0.902. The molecule has 1 N–H and O–H groups in total. The fourth-order valence-corrected chi connectivity index (χ4v) is 4.35. The first kappa shape index (κ1) is 21.4. The van der Waals surface area contributed by atoms with Crippen molar-refractivity contribution in [2.75, 3.05) is 27.3 Å². The summed E-state index contributed by atoms with van der Waals surface area (Å²) in [4.78, 5) is 30.5. The molecular weight excluding hydrogens is 368 g/mol. The number of unbranched alkanes of at least 4 members (excludes halogenated alkanes) is 1. The van der Waals surface area contributed by atoms with Crippen LogP contribution in [0.15, 0.2) is 24.3 Å². The number of nitrogens with zero attached hydrogens (tertiary/aromatic N) is 1. The quantitative estimate of drug-likeness (QED) is 0.685. The summed E-state index contributed by atoms with van der Waals surface area (Å²) in [5.74, 6) is -0.793. The van der Waals surface area contributed by atoms with E-state index in [1.54, 1.807) is 4.90 Å². The van der Waals surface area contributed by atoms with Crippen LogP contribution in [0.5, 0.6) is 0 Å². The van der Waals surface area contributed by atoms with Gasteiger partial charge in [0, 0.05) is 30.9 Å². The van der Waals surface area contributed by atoms with E-state index in [0.717, 1.165) is 42.4 Å². The van der Waals surface area contributed by atoms with Gasteiger partial charge in [-0.1, -0.05) is 31.5 Å². The zero-order chi connectivity index (χ0) is 21.0. The smallest absolute Gasteiger partial charge is 0.311 e. The lowest BCUT2D eigenvalue weighted by atomic mass is 9.78. The van der Waals surface area contributed by atoms with Crippen molar-refractivity contribution in [2.45, 2.75) is 51.6 Å². The van der Waals surface area contributed by atoms with Crippen molar-refractivity contribution in [2.24, 2.45) is 5.92 Å². The lowest BCUT2D eigenvalue weighted by Gasteiger charge is -2.41. The largest absolute Gasteiger partial charge is 0.469 e. The van der Waals surface area contributed by atoms with Crippen LogP contribution >= 0.6 is 0 Å². The average Bonchev–Trinajstić information content (AvgIpc) is 3.14. The van der Waals surface area contributed by atoms with Gasteiger partial charge in [0.05, 0.1) is 25.3 Å². The first-order chi connectivity index (χ1) is 13.9. The maximum atomic E-state index is 12.7. The van der Waals surface area contributed by atoms with E-state index in [1.807, 2.05) is 32.2 Å². The molecule has 0 aliphatic carbocycles. The number of ether oxygens (including phenoxy) is 2. The third kappa shape index (κ3) is 4.04. The molecule has 0 saturated carbocycles. The molecule has 2 aromatic rings. The van der Waals surface area contributed by atoms with E-state index in [0.29, 0.717) is 19.4 Å². The van der Waals surface area contributed by atoms with Crippen LogP contribution in [0.25, 0.3) is 10.9 Å². The van der Waals surface area contributed by atoms with Gasteiger partial charge in [-0.2, -0.15) is 0 Å². The Hall–Kier alpha value is -2.34. The Balaban J connectivity index is 1.96. The second-order valence-corrected chi connectivity index (χ2v) is 7.93. The molecule has 0 saturated heterocycles. The number of nitrogens with one attached hydrogen (secondary N) is 1. The number of benzene rings is 1. The summed E-state index contributed by atoms with van der Waals surface area (Å²) in [7, 11) is 3.23. The number of hydrogen-bond donors (Lipinski definition) is 1. The number of para-hydroxylation sites is 1. The van der Waals surface area contributed by atoms with Crippen LogP contribution in [0, 0.1) is 5.92 Å². The molecule has 0 spiro atoms. The zero-order valence-electron chi connectivity index (χ0n) is 17.9. The van der Waals surface area contributed by atoms with Crippen LogP contribution in [0.3, 0.4) is 0 Å². The number of carbonyl (C=O) groups is 2. The number of esters is 1. The molecule has 6 heteroatoms. The Kier molecular flexibility index (Phi) is 6.63. The van der Waals surface area contributed by atoms with Crippen molar-refractivity contribution in [3.05, 3.63) is 35.5 Å². The number of hydrogen-bond acceptors (Lipinski definition) is 4. The molecule has 1 aromatic heterocycles. The van der Waals surface area contributed by atoms with Gasteiger partial charge in [-0.05, 0) is 37.8 Å². The monoisotopic (exact) mass is 400 g/mol. The molecule has 0 radical (unpaired) electrons. The van der Waals surface area contributed by atoms with Crippen LogP contribution in [0.4, 0.5) is 0 Å². The highest BCUT2D eigenvalue weighted by atomic mass is 16.5. The number of amides is 1. The van der Waals surface area contributed by atoms with Crippen LogP contribution in [-0.2, 0) is 31.1 Å². The maximum Gasteiger partial charge on any atom is 0.311 e. The van der Waals surface area contributed by atoms with E-state index in [-0.39, 0.29) is 11.9 Å². The first-order valence-electron chi connectivity index (χ1n) is 10.5. The molecule has 1 amide bonds. The Bertz CT molecular complexity index is 875. The Labute approximate surface area is 172 Å². The fourth-order valence-electron chi connectivity index (χ4n) is 4.35. The van der Waals surface area contributed by atoms with Crippen LogP contribution in [0.2, 0.25) is 0 Å². The lowest BCUT2D eigenvalue weighted by Crippen LogP contribution is -2.46. The molecule has 2 atom stereocenters. The molecular formula is C23H32N2O4. The molecule has 1 aromatic carbocycles. The summed E-state index contributed by atoms with van der Waals surface area (Å²) in [6, 6.07) is 8.13. The second-order valence-electron chi connectivity index (χ2n) is 7.93. The third-order valence-corrected chi connectivity index (χ3v) is 6.19. The van der Waals surface area contributed by atoms with E-state index < -0.39 is 11.5 Å². The molecule has 158 valence electrons. The van der Waals surface area contributed by atoms with Crippen molar-refractivity contribution in [1.29, 1.82) is 0 Å². The molecule has 0 bridgehead atoms. The number of methoxy groups -OCH3 is 1. The first-order valence-corrected chi connectivity index (χ1v) is 10.5. The highest BCUT2D eigenvalue weighted by molar-refractivity contribution is 5.86. The van der Waals surface area contributed by atoms with Crippen molar-refractivity contribution in [1.82, 2.24) is 9.88 Å². The average molecular weight is 401 g/mol. The van der Waals surface area contributed by atoms with Crippen LogP contribution in [0.1, 0.15) is 50.8 Å². The Morgan fingerprint density at radius 1 is 1.34 bits per heavy atom. The van der Waals surface area contributed by atoms with Gasteiger partial charge >= 0.3 is 5.97 Å². The maximum absolute atomic E-state index is 12.7. The molecule has 6 nitrogen and oxygen atoms in total. The number of rotatable bonds is 8. The SMILES string of the molecule is CCCCN(C)C(=O)CCC1(C(C)C(=O)OC)OCCc2c1[nH]c1ccccc21. The second kappa shape index (κ2) is 8.99. The van der Waals surface area contributed by atoms with E-state index in [4.69, 9.17) is 9.47 Å². The molecule has 2 unspecified atom stereocenters. The van der Waals surface area contributed by atoms with Gasteiger partial charge in [0.15, 0.2) is 0 Å². The molecule has 0 fully saturated rings. The normalized spacial score (nSPS) is 19.6. The predicted molar refractivity (Wildman–Crippen MR) is 113 cm³/mol. The molecule has 3 rings (SSSR count). The number of fused-ring (bicyclic) bond motifs is 3. The Morgan fingerprint density at radius 3 is 2.83 bits per heavy atom. The highest BCUT2D eigenvalue weighted by Gasteiger charge is 2.48. The highest BCUT2D eigenvalue weighted by Crippen LogP contribution is 2.45. The number of carbonyl (C=O) groups excluding carboxylic acids is 2. The molecule has 1 aliphatic rings. The fraction of sp³-hybridized carbons (Fsp3) is 0.565. The van der Waals surface area contributed by atoms with E-state index in [9.17, 15) is 9.59 Å². The van der Waals surface area contributed by atoms with Gasteiger partial charge in [0.2, 0.25) is 5.91 Å². The summed E-state index contributed by atoms with van der Waals surface area (Å²) >= 11 is 0. The molecule has 2 heterocycles. The zero-order valence-corrected chi connectivity index (χ0v) is 17.9. The van der Waals surface area contributed by atoms with Crippen molar-refractivity contribution in [3.63, 3.8) is 0 Å². The standard InChI is InChI=1S/C23H32N2O4/c1-5-6-14-25(3)20(26)11-13-23(16(2)22(27)28-4)21-18(12-15-29-23)17-9-7-8-10-19(17)24-21/h7-10,16,24H,5-6,11-15H2,1-4H3. The van der Waals surface area contributed by atoms with E-state index in [1.165, 1.54) is 12.7 Å². The summed E-state index contributed by atoms with van der Waals surface area (Å²) in [6.45, 7) is 5.19. The lowest BCUT2D eigenvalue weighted by molar-refractivity contribution is -0.167. The summed E-state index contributed by atoms with van der Waals surface area (Å²) in [5, 5.41) is 1.15. The van der Waals surface area contributed by atoms with E-state index in [2.05, 4.69) is 18.0 Å². The van der Waals surface area contributed by atoms with Gasteiger partial charge in [0.25, 0.3) is 0 Å². The van der Waals surface area contributed by atoms with Crippen LogP contribution < -0.4 is 0 Å². The minimum absolute atomic E-state index is 0.0710.